The van der Waals surface area contributed by atoms with Crippen LogP contribution in [0.3, 0.4) is 0 Å². The Morgan fingerprint density at radius 2 is 1.75 bits per heavy atom. The standard InChI is InChI=1S/C17H31NO2/c1-3-4-5-14-10-12-18(13-11-14)16-8-6-15(7-9-16)17(19)20-2/h14-16H,3-13H2,1-2H3. The van der Waals surface area contributed by atoms with Gasteiger partial charge in [-0.05, 0) is 57.5 Å². The van der Waals surface area contributed by atoms with Crippen LogP contribution in [0.15, 0.2) is 0 Å². The molecule has 0 amide bonds. The second-order valence-electron chi connectivity index (χ2n) is 6.65. The van der Waals surface area contributed by atoms with E-state index in [1.165, 1.54) is 65.1 Å². The third kappa shape index (κ3) is 4.21. The van der Waals surface area contributed by atoms with E-state index >= 15 is 0 Å². The molecular weight excluding hydrogens is 250 g/mol. The highest BCUT2D eigenvalue weighted by molar-refractivity contribution is 5.72. The van der Waals surface area contributed by atoms with Gasteiger partial charge in [-0.2, -0.15) is 0 Å². The van der Waals surface area contributed by atoms with Crippen molar-refractivity contribution in [1.82, 2.24) is 4.90 Å². The second-order valence-corrected chi connectivity index (χ2v) is 6.65. The van der Waals surface area contributed by atoms with Crippen molar-refractivity contribution in [3.05, 3.63) is 0 Å². The van der Waals surface area contributed by atoms with Gasteiger partial charge in [0, 0.05) is 6.04 Å². The molecule has 0 unspecified atom stereocenters. The summed E-state index contributed by atoms with van der Waals surface area (Å²) in [6, 6.07) is 0.725. The maximum atomic E-state index is 11.6. The van der Waals surface area contributed by atoms with Crippen LogP contribution in [0, 0.1) is 11.8 Å². The summed E-state index contributed by atoms with van der Waals surface area (Å²) in [4.78, 5) is 14.2. The molecule has 0 aromatic heterocycles. The molecule has 116 valence electrons. The first-order valence-electron chi connectivity index (χ1n) is 8.56. The molecule has 0 N–H and O–H groups in total. The van der Waals surface area contributed by atoms with Gasteiger partial charge in [-0.1, -0.05) is 26.2 Å². The van der Waals surface area contributed by atoms with E-state index in [1.807, 2.05) is 0 Å². The van der Waals surface area contributed by atoms with Gasteiger partial charge >= 0.3 is 5.97 Å². The van der Waals surface area contributed by atoms with Gasteiger partial charge in [0.05, 0.1) is 13.0 Å². The SMILES string of the molecule is CCCCC1CCN(C2CCC(C(=O)OC)CC2)CC1. The predicted octanol–water partition coefficient (Wildman–Crippen LogP) is 3.62. The lowest BCUT2D eigenvalue weighted by atomic mass is 9.83. The molecule has 0 spiro atoms. The number of methoxy groups -OCH3 is 1. The molecule has 3 nitrogen and oxygen atoms in total. The fraction of sp³-hybridized carbons (Fsp3) is 0.941. The normalized spacial score (nSPS) is 29.3. The van der Waals surface area contributed by atoms with Gasteiger partial charge < -0.3 is 9.64 Å². The molecule has 3 heteroatoms. The monoisotopic (exact) mass is 281 g/mol. The van der Waals surface area contributed by atoms with E-state index in [2.05, 4.69) is 11.8 Å². The van der Waals surface area contributed by atoms with Crippen molar-refractivity contribution in [1.29, 1.82) is 0 Å². The molecule has 1 heterocycles. The molecule has 0 aromatic rings. The van der Waals surface area contributed by atoms with Crippen molar-refractivity contribution in [3.63, 3.8) is 0 Å². The Hall–Kier alpha value is -0.570. The van der Waals surface area contributed by atoms with Crippen LogP contribution in [0.5, 0.6) is 0 Å². The van der Waals surface area contributed by atoms with Gasteiger partial charge in [0.25, 0.3) is 0 Å². The number of unbranched alkanes of at least 4 members (excludes halogenated alkanes) is 1. The zero-order chi connectivity index (χ0) is 14.4. The first-order chi connectivity index (χ1) is 9.74. The Labute approximate surface area is 124 Å². The second kappa shape index (κ2) is 8.02. The van der Waals surface area contributed by atoms with Crippen LogP contribution in [0.25, 0.3) is 0 Å². The maximum Gasteiger partial charge on any atom is 0.308 e. The van der Waals surface area contributed by atoms with E-state index in [-0.39, 0.29) is 11.9 Å². The summed E-state index contributed by atoms with van der Waals surface area (Å²) >= 11 is 0. The van der Waals surface area contributed by atoms with E-state index in [4.69, 9.17) is 4.74 Å². The third-order valence-corrected chi connectivity index (χ3v) is 5.36. The number of ether oxygens (including phenoxy) is 1. The molecule has 1 saturated heterocycles. The van der Waals surface area contributed by atoms with Crippen LogP contribution in [0.1, 0.15) is 64.7 Å². The molecule has 2 aliphatic rings. The summed E-state index contributed by atoms with van der Waals surface area (Å²) in [6.45, 7) is 4.85. The van der Waals surface area contributed by atoms with E-state index in [9.17, 15) is 4.79 Å². The van der Waals surface area contributed by atoms with Crippen LogP contribution in [-0.2, 0) is 9.53 Å². The lowest BCUT2D eigenvalue weighted by Crippen LogP contribution is -2.43. The highest BCUT2D eigenvalue weighted by Gasteiger charge is 2.31. The topological polar surface area (TPSA) is 29.5 Å². The fourth-order valence-corrected chi connectivity index (χ4v) is 3.94. The average Bonchev–Trinajstić information content (AvgIpc) is 2.53. The van der Waals surface area contributed by atoms with Crippen molar-refractivity contribution >= 4 is 5.97 Å². The van der Waals surface area contributed by atoms with E-state index in [1.54, 1.807) is 0 Å². The number of likely N-dealkylation sites (tertiary alicyclic amines) is 1. The van der Waals surface area contributed by atoms with Crippen molar-refractivity contribution in [2.75, 3.05) is 20.2 Å². The lowest BCUT2D eigenvalue weighted by molar-refractivity contribution is -0.147. The first kappa shape index (κ1) is 15.8. The summed E-state index contributed by atoms with van der Waals surface area (Å²) in [5.74, 6) is 1.14. The van der Waals surface area contributed by atoms with Crippen molar-refractivity contribution in [3.8, 4) is 0 Å². The fourth-order valence-electron chi connectivity index (χ4n) is 3.94. The zero-order valence-corrected chi connectivity index (χ0v) is 13.3. The van der Waals surface area contributed by atoms with Crippen LogP contribution in [0.4, 0.5) is 0 Å². The maximum absolute atomic E-state index is 11.6. The van der Waals surface area contributed by atoms with E-state index in [0.29, 0.717) is 0 Å². The number of piperidine rings is 1. The quantitative estimate of drug-likeness (QED) is 0.721. The molecule has 1 saturated carbocycles. The van der Waals surface area contributed by atoms with Crippen molar-refractivity contribution in [2.24, 2.45) is 11.8 Å². The molecule has 2 fully saturated rings. The number of hydrogen-bond acceptors (Lipinski definition) is 3. The third-order valence-electron chi connectivity index (χ3n) is 5.36. The molecule has 2 rings (SSSR count). The number of nitrogens with zero attached hydrogens (tertiary/aromatic N) is 1. The highest BCUT2D eigenvalue weighted by atomic mass is 16.5. The Morgan fingerprint density at radius 3 is 2.30 bits per heavy atom. The Kier molecular flexibility index (Phi) is 6.34. The average molecular weight is 281 g/mol. The van der Waals surface area contributed by atoms with Crippen molar-refractivity contribution in [2.45, 2.75) is 70.8 Å². The number of esters is 1. The van der Waals surface area contributed by atoms with Crippen molar-refractivity contribution < 1.29 is 9.53 Å². The van der Waals surface area contributed by atoms with Crippen LogP contribution in [-0.4, -0.2) is 37.1 Å². The van der Waals surface area contributed by atoms with Gasteiger partial charge in [0.1, 0.15) is 0 Å². The van der Waals surface area contributed by atoms with E-state index in [0.717, 1.165) is 24.8 Å². The summed E-state index contributed by atoms with van der Waals surface area (Å²) in [6.07, 6.45) is 11.3. The highest BCUT2D eigenvalue weighted by Crippen LogP contribution is 2.31. The van der Waals surface area contributed by atoms with Gasteiger partial charge in [-0.3, -0.25) is 4.79 Å². The first-order valence-corrected chi connectivity index (χ1v) is 8.56. The molecular formula is C17H31NO2. The molecule has 0 radical (unpaired) electrons. The largest absolute Gasteiger partial charge is 0.469 e. The summed E-state index contributed by atoms with van der Waals surface area (Å²) < 4.78 is 4.87. The summed E-state index contributed by atoms with van der Waals surface area (Å²) in [5, 5.41) is 0. The Morgan fingerprint density at radius 1 is 1.10 bits per heavy atom. The smallest absolute Gasteiger partial charge is 0.308 e. The number of rotatable bonds is 5. The van der Waals surface area contributed by atoms with Gasteiger partial charge in [0.15, 0.2) is 0 Å². The Balaban J connectivity index is 1.69. The predicted molar refractivity (Wildman–Crippen MR) is 81.6 cm³/mol. The van der Waals surface area contributed by atoms with Gasteiger partial charge in [-0.25, -0.2) is 0 Å². The minimum atomic E-state index is 0.00160. The van der Waals surface area contributed by atoms with Crippen LogP contribution >= 0.6 is 0 Å². The molecule has 20 heavy (non-hydrogen) atoms. The van der Waals surface area contributed by atoms with Crippen LogP contribution in [0.2, 0.25) is 0 Å². The molecule has 0 bridgehead atoms. The zero-order valence-electron chi connectivity index (χ0n) is 13.3. The summed E-state index contributed by atoms with van der Waals surface area (Å²) in [5.41, 5.74) is 0. The summed E-state index contributed by atoms with van der Waals surface area (Å²) in [7, 11) is 1.51. The minimum Gasteiger partial charge on any atom is -0.469 e. The molecule has 0 atom stereocenters. The number of carbonyl (C=O) groups excluding carboxylic acids is 1. The number of hydrogen-bond donors (Lipinski definition) is 0. The number of carbonyl (C=O) groups is 1. The van der Waals surface area contributed by atoms with Gasteiger partial charge in [-0.15, -0.1) is 0 Å². The molecule has 0 aromatic carbocycles. The minimum absolute atomic E-state index is 0.00160. The Bertz CT molecular complexity index is 289. The van der Waals surface area contributed by atoms with Gasteiger partial charge in [0.2, 0.25) is 0 Å². The van der Waals surface area contributed by atoms with Crippen LogP contribution < -0.4 is 0 Å². The lowest BCUT2D eigenvalue weighted by Gasteiger charge is -2.40. The van der Waals surface area contributed by atoms with E-state index < -0.39 is 0 Å². The molecule has 1 aliphatic carbocycles. The molecule has 1 aliphatic heterocycles.